The van der Waals surface area contributed by atoms with Crippen LogP contribution in [0.4, 0.5) is 0 Å². The molecule has 0 aliphatic carbocycles. The molecule has 1 N–H and O–H groups in total. The van der Waals surface area contributed by atoms with E-state index < -0.39 is 5.54 Å². The maximum Gasteiger partial charge on any atom is 0.271 e. The minimum Gasteiger partial charge on any atom is -0.454 e. The van der Waals surface area contributed by atoms with Crippen LogP contribution in [0.5, 0.6) is 11.5 Å². The van der Waals surface area contributed by atoms with E-state index >= 15 is 0 Å². The summed E-state index contributed by atoms with van der Waals surface area (Å²) in [7, 11) is 0. The molecule has 0 saturated carbocycles. The summed E-state index contributed by atoms with van der Waals surface area (Å²) in [5, 5.41) is 4.19. The zero-order chi connectivity index (χ0) is 27.1. The summed E-state index contributed by atoms with van der Waals surface area (Å²) in [6.07, 6.45) is 2.17. The van der Waals surface area contributed by atoms with Gasteiger partial charge in [-0.25, -0.2) is 0 Å². The number of hydrogen-bond donors (Lipinski definition) is 1. The summed E-state index contributed by atoms with van der Waals surface area (Å²) in [5.41, 5.74) is 1.41. The van der Waals surface area contributed by atoms with Gasteiger partial charge in [-0.2, -0.15) is 0 Å². The van der Waals surface area contributed by atoms with Crippen molar-refractivity contribution in [2.24, 2.45) is 11.8 Å². The van der Waals surface area contributed by atoms with Gasteiger partial charge in [0.05, 0.1) is 6.54 Å². The summed E-state index contributed by atoms with van der Waals surface area (Å²) in [4.78, 5) is 32.1. The molecule has 2 amide bonds. The monoisotopic (exact) mass is 530 g/mol. The zero-order valence-corrected chi connectivity index (χ0v) is 23.1. The SMILES string of the molecule is C[C@@H]1C[C@@H](C)CN(CCCNC(=O)[C@@]2(C)Cn3c(cc4ccccc43)C(=O)N2Cc2ccc3c(c2)OCO3)C1. The number of nitrogens with one attached hydrogen (secondary N) is 1. The van der Waals surface area contributed by atoms with E-state index in [0.717, 1.165) is 42.5 Å². The third-order valence-electron chi connectivity index (χ3n) is 8.48. The number of benzene rings is 2. The van der Waals surface area contributed by atoms with Gasteiger partial charge in [-0.1, -0.05) is 38.1 Å². The molecule has 1 saturated heterocycles. The van der Waals surface area contributed by atoms with Gasteiger partial charge < -0.3 is 29.2 Å². The van der Waals surface area contributed by atoms with Gasteiger partial charge in [0.1, 0.15) is 11.2 Å². The van der Waals surface area contributed by atoms with E-state index in [1.54, 1.807) is 4.90 Å². The van der Waals surface area contributed by atoms with Gasteiger partial charge in [0.2, 0.25) is 12.7 Å². The van der Waals surface area contributed by atoms with Crippen LogP contribution in [0.1, 0.15) is 49.7 Å². The largest absolute Gasteiger partial charge is 0.454 e. The Kier molecular flexibility index (Phi) is 6.75. The van der Waals surface area contributed by atoms with Crippen LogP contribution in [0.25, 0.3) is 10.9 Å². The molecule has 0 radical (unpaired) electrons. The van der Waals surface area contributed by atoms with Crippen molar-refractivity contribution in [1.29, 1.82) is 0 Å². The van der Waals surface area contributed by atoms with Gasteiger partial charge in [0.25, 0.3) is 5.91 Å². The Morgan fingerprint density at radius 1 is 1.05 bits per heavy atom. The second-order valence-corrected chi connectivity index (χ2v) is 11.8. The van der Waals surface area contributed by atoms with E-state index in [1.807, 2.05) is 60.0 Å². The lowest BCUT2D eigenvalue weighted by atomic mass is 9.92. The van der Waals surface area contributed by atoms with Gasteiger partial charge >= 0.3 is 0 Å². The van der Waals surface area contributed by atoms with Crippen molar-refractivity contribution >= 4 is 22.7 Å². The number of amides is 2. The van der Waals surface area contributed by atoms with Gasteiger partial charge in [0.15, 0.2) is 11.5 Å². The smallest absolute Gasteiger partial charge is 0.271 e. The maximum absolute atomic E-state index is 14.0. The summed E-state index contributed by atoms with van der Waals surface area (Å²) < 4.78 is 13.0. The Labute approximate surface area is 229 Å². The molecule has 3 aliphatic rings. The molecule has 8 heteroatoms. The van der Waals surface area contributed by atoms with Crippen molar-refractivity contribution in [2.45, 2.75) is 52.2 Å². The normalized spacial score (nSPS) is 24.7. The molecule has 8 nitrogen and oxygen atoms in total. The third-order valence-corrected chi connectivity index (χ3v) is 8.48. The molecule has 1 fully saturated rings. The van der Waals surface area contributed by atoms with E-state index in [0.29, 0.717) is 48.7 Å². The molecule has 0 spiro atoms. The Hall–Kier alpha value is -3.52. The van der Waals surface area contributed by atoms with Gasteiger partial charge in [-0.05, 0) is 68.0 Å². The molecule has 1 aromatic heterocycles. The number of nitrogens with zero attached hydrogens (tertiary/aromatic N) is 3. The van der Waals surface area contributed by atoms with E-state index in [2.05, 4.69) is 24.1 Å². The Morgan fingerprint density at radius 3 is 2.64 bits per heavy atom. The molecule has 2 aromatic carbocycles. The van der Waals surface area contributed by atoms with Crippen LogP contribution in [0.3, 0.4) is 0 Å². The summed E-state index contributed by atoms with van der Waals surface area (Å²) >= 11 is 0. The Bertz CT molecular complexity index is 1390. The molecule has 3 aliphatic heterocycles. The molecule has 4 heterocycles. The summed E-state index contributed by atoms with van der Waals surface area (Å²) in [5.74, 6) is 2.52. The lowest BCUT2D eigenvalue weighted by Gasteiger charge is -2.44. The minimum absolute atomic E-state index is 0.125. The number of rotatable bonds is 7. The maximum atomic E-state index is 14.0. The highest BCUT2D eigenvalue weighted by Crippen LogP contribution is 2.36. The predicted octanol–water partition coefficient (Wildman–Crippen LogP) is 4.27. The molecular weight excluding hydrogens is 492 g/mol. The molecule has 39 heavy (non-hydrogen) atoms. The van der Waals surface area contributed by atoms with Crippen molar-refractivity contribution in [3.05, 3.63) is 59.8 Å². The van der Waals surface area contributed by atoms with Crippen molar-refractivity contribution in [3.8, 4) is 11.5 Å². The first-order chi connectivity index (χ1) is 18.8. The average Bonchev–Trinajstić information content (AvgIpc) is 3.53. The highest BCUT2D eigenvalue weighted by Gasteiger charge is 2.47. The highest BCUT2D eigenvalue weighted by molar-refractivity contribution is 6.03. The Balaban J connectivity index is 1.23. The van der Waals surface area contributed by atoms with E-state index in [1.165, 1.54) is 6.42 Å². The number of carbonyl (C=O) groups is 2. The molecule has 6 rings (SSSR count). The first-order valence-corrected chi connectivity index (χ1v) is 14.1. The number of carbonyl (C=O) groups excluding carboxylic acids is 2. The van der Waals surface area contributed by atoms with Crippen LogP contribution in [0, 0.1) is 11.8 Å². The van der Waals surface area contributed by atoms with Gasteiger partial charge in [-0.15, -0.1) is 0 Å². The van der Waals surface area contributed by atoms with Crippen LogP contribution < -0.4 is 14.8 Å². The summed E-state index contributed by atoms with van der Waals surface area (Å²) in [6.45, 7) is 11.2. The number of aromatic nitrogens is 1. The van der Waals surface area contributed by atoms with E-state index in [9.17, 15) is 9.59 Å². The molecule has 0 bridgehead atoms. The summed E-state index contributed by atoms with van der Waals surface area (Å²) in [6, 6.07) is 15.6. The number of hydrogen-bond acceptors (Lipinski definition) is 5. The van der Waals surface area contributed by atoms with Crippen LogP contribution in [-0.2, 0) is 17.9 Å². The van der Waals surface area contributed by atoms with Crippen LogP contribution in [-0.4, -0.2) is 64.7 Å². The number of ether oxygens (including phenoxy) is 2. The van der Waals surface area contributed by atoms with Gasteiger partial charge in [-0.3, -0.25) is 9.59 Å². The van der Waals surface area contributed by atoms with Crippen LogP contribution in [0.15, 0.2) is 48.5 Å². The lowest BCUT2D eigenvalue weighted by molar-refractivity contribution is -0.133. The topological polar surface area (TPSA) is 76.0 Å². The predicted molar refractivity (Wildman–Crippen MR) is 150 cm³/mol. The third kappa shape index (κ3) is 4.86. The average molecular weight is 531 g/mol. The van der Waals surface area contributed by atoms with Crippen molar-refractivity contribution < 1.29 is 19.1 Å². The first-order valence-electron chi connectivity index (χ1n) is 14.1. The molecular formula is C31H38N4O4. The Morgan fingerprint density at radius 2 is 1.82 bits per heavy atom. The first kappa shape index (κ1) is 25.7. The fourth-order valence-electron chi connectivity index (χ4n) is 6.65. The fourth-order valence-corrected chi connectivity index (χ4v) is 6.65. The number of likely N-dealkylation sites (tertiary alicyclic amines) is 1. The zero-order valence-electron chi connectivity index (χ0n) is 23.1. The number of fused-ring (bicyclic) bond motifs is 4. The standard InChI is InChI=1S/C31H38N4O4/c1-21-13-22(2)17-33(16-21)12-6-11-32-30(37)31(3)19-34-25-8-5-4-7-24(25)15-26(34)29(36)35(31)18-23-9-10-27-28(14-23)39-20-38-27/h4-5,7-10,14-15,21-22H,6,11-13,16-20H2,1-3H3,(H,32,37)/t21-,22-,31-/m1/s1. The highest BCUT2D eigenvalue weighted by atomic mass is 16.7. The molecule has 0 unspecified atom stereocenters. The van der Waals surface area contributed by atoms with Crippen molar-refractivity contribution in [1.82, 2.24) is 19.7 Å². The fraction of sp³-hybridized carbons (Fsp3) is 0.484. The second kappa shape index (κ2) is 10.2. The second-order valence-electron chi connectivity index (χ2n) is 11.8. The van der Waals surface area contributed by atoms with Crippen molar-refractivity contribution in [2.75, 3.05) is 33.0 Å². The minimum atomic E-state index is -1.06. The van der Waals surface area contributed by atoms with Crippen molar-refractivity contribution in [3.63, 3.8) is 0 Å². The van der Waals surface area contributed by atoms with Crippen LogP contribution in [0.2, 0.25) is 0 Å². The number of piperidine rings is 1. The molecule has 206 valence electrons. The lowest BCUT2D eigenvalue weighted by Crippen LogP contribution is -2.63. The molecule has 3 atom stereocenters. The van der Waals surface area contributed by atoms with E-state index in [4.69, 9.17) is 9.47 Å². The van der Waals surface area contributed by atoms with E-state index in [-0.39, 0.29) is 18.6 Å². The quantitative estimate of drug-likeness (QED) is 0.462. The van der Waals surface area contributed by atoms with Crippen LogP contribution >= 0.6 is 0 Å². The molecule has 3 aromatic rings. The van der Waals surface area contributed by atoms with Gasteiger partial charge in [0, 0.05) is 37.1 Å². The number of para-hydroxylation sites is 1.